The third-order valence-corrected chi connectivity index (χ3v) is 4.83. The number of nitrogens with one attached hydrogen (secondary N) is 2. The van der Waals surface area contributed by atoms with Gasteiger partial charge in [-0.1, -0.05) is 0 Å². The Hall–Kier alpha value is -1.18. The highest BCUT2D eigenvalue weighted by Crippen LogP contribution is 2.20. The van der Waals surface area contributed by atoms with E-state index in [1.165, 1.54) is 0 Å². The molecule has 0 aromatic carbocycles. The van der Waals surface area contributed by atoms with Gasteiger partial charge in [-0.25, -0.2) is 4.79 Å². The molecule has 2 fully saturated rings. The molecule has 3 amide bonds. The van der Waals surface area contributed by atoms with E-state index in [-0.39, 0.29) is 18.0 Å². The number of piperidine rings is 1. The van der Waals surface area contributed by atoms with Crippen molar-refractivity contribution in [3.63, 3.8) is 0 Å². The summed E-state index contributed by atoms with van der Waals surface area (Å²) in [5, 5.41) is 5.16. The molecular weight excluding hydrogens is 332 g/mol. The molecule has 7 heteroatoms. The molecule has 2 rings (SSSR count). The van der Waals surface area contributed by atoms with Crippen LogP contribution in [0.25, 0.3) is 0 Å². The predicted octanol–water partition coefficient (Wildman–Crippen LogP) is 1.43. The molecule has 0 radical (unpaired) electrons. The lowest BCUT2D eigenvalue weighted by atomic mass is 9.95. The molecule has 7 nitrogen and oxygen atoms in total. The highest BCUT2D eigenvalue weighted by atomic mass is 16.5. The molecule has 0 aliphatic carbocycles. The Kier molecular flexibility index (Phi) is 7.43. The lowest BCUT2D eigenvalue weighted by Crippen LogP contribution is -2.51. The lowest BCUT2D eigenvalue weighted by Gasteiger charge is -2.39. The van der Waals surface area contributed by atoms with Gasteiger partial charge in [-0.2, -0.15) is 0 Å². The van der Waals surface area contributed by atoms with Gasteiger partial charge < -0.3 is 10.1 Å². The second-order valence-electron chi connectivity index (χ2n) is 8.95. The Morgan fingerprint density at radius 3 is 2.15 bits per heavy atom. The molecule has 2 atom stereocenters. The van der Waals surface area contributed by atoms with Gasteiger partial charge in [0.25, 0.3) is 0 Å². The van der Waals surface area contributed by atoms with E-state index in [2.05, 4.69) is 34.3 Å². The molecule has 0 aromatic heterocycles. The molecule has 26 heavy (non-hydrogen) atoms. The first-order valence-electron chi connectivity index (χ1n) is 9.83. The summed E-state index contributed by atoms with van der Waals surface area (Å²) in [7, 11) is 0. The van der Waals surface area contributed by atoms with Crippen LogP contribution in [0.2, 0.25) is 0 Å². The van der Waals surface area contributed by atoms with E-state index in [4.69, 9.17) is 4.74 Å². The number of urea groups is 1. The third kappa shape index (κ3) is 7.60. The third-order valence-electron chi connectivity index (χ3n) is 4.83. The van der Waals surface area contributed by atoms with E-state index in [0.717, 1.165) is 45.6 Å². The molecule has 2 unspecified atom stereocenters. The van der Waals surface area contributed by atoms with E-state index >= 15 is 0 Å². The van der Waals surface area contributed by atoms with Crippen molar-refractivity contribution in [1.29, 1.82) is 0 Å². The fraction of sp³-hybridized carbons (Fsp3) is 0.895. The van der Waals surface area contributed by atoms with Crippen LogP contribution in [-0.4, -0.2) is 78.8 Å². The van der Waals surface area contributed by atoms with Gasteiger partial charge in [0.15, 0.2) is 0 Å². The van der Waals surface area contributed by atoms with E-state index in [9.17, 15) is 9.59 Å². The van der Waals surface area contributed by atoms with Crippen molar-refractivity contribution in [2.45, 2.75) is 65.2 Å². The number of rotatable bonds is 4. The van der Waals surface area contributed by atoms with E-state index in [1.807, 2.05) is 20.8 Å². The number of hydrogen-bond acceptors (Lipinski definition) is 5. The van der Waals surface area contributed by atoms with Crippen LogP contribution >= 0.6 is 0 Å². The summed E-state index contributed by atoms with van der Waals surface area (Å²) in [5.74, 6) is 0.442. The smallest absolute Gasteiger partial charge is 0.321 e. The van der Waals surface area contributed by atoms with Crippen LogP contribution in [0.5, 0.6) is 0 Å². The Morgan fingerprint density at radius 1 is 1.04 bits per heavy atom. The largest absolute Gasteiger partial charge is 0.373 e. The van der Waals surface area contributed by atoms with Crippen LogP contribution in [0.1, 0.15) is 47.5 Å². The number of ether oxygens (including phenoxy) is 1. The van der Waals surface area contributed by atoms with E-state index in [0.29, 0.717) is 18.1 Å². The maximum Gasteiger partial charge on any atom is 0.321 e. The zero-order chi connectivity index (χ0) is 19.3. The van der Waals surface area contributed by atoms with Crippen LogP contribution < -0.4 is 10.6 Å². The Balaban J connectivity index is 1.66. The fourth-order valence-electron chi connectivity index (χ4n) is 3.87. The van der Waals surface area contributed by atoms with Crippen LogP contribution in [0.4, 0.5) is 4.79 Å². The molecule has 2 aliphatic rings. The van der Waals surface area contributed by atoms with Crippen LogP contribution in [0.3, 0.4) is 0 Å². The molecule has 0 spiro atoms. The number of carbonyl (C=O) groups excluding carboxylic acids is 2. The zero-order valence-corrected chi connectivity index (χ0v) is 17.0. The summed E-state index contributed by atoms with van der Waals surface area (Å²) < 4.78 is 5.80. The van der Waals surface area contributed by atoms with Gasteiger partial charge in [-0.3, -0.25) is 19.9 Å². The second kappa shape index (κ2) is 9.15. The van der Waals surface area contributed by atoms with Gasteiger partial charge in [-0.05, 0) is 66.5 Å². The van der Waals surface area contributed by atoms with Crippen molar-refractivity contribution >= 4 is 11.9 Å². The minimum atomic E-state index is -0.423. The molecule has 0 saturated carbocycles. The summed E-state index contributed by atoms with van der Waals surface area (Å²) >= 11 is 0. The van der Waals surface area contributed by atoms with Crippen LogP contribution in [0, 0.1) is 5.92 Å². The average Bonchev–Trinajstić information content (AvgIpc) is 2.46. The normalized spacial score (nSPS) is 26.5. The quantitative estimate of drug-likeness (QED) is 0.785. The summed E-state index contributed by atoms with van der Waals surface area (Å²) in [6, 6.07) is -0.423. The van der Waals surface area contributed by atoms with Crippen molar-refractivity contribution in [1.82, 2.24) is 20.4 Å². The minimum Gasteiger partial charge on any atom is -0.373 e. The maximum absolute atomic E-state index is 12.0. The molecule has 150 valence electrons. The van der Waals surface area contributed by atoms with Gasteiger partial charge in [0.1, 0.15) is 0 Å². The number of nitrogens with zero attached hydrogens (tertiary/aromatic N) is 2. The summed E-state index contributed by atoms with van der Waals surface area (Å²) in [6.07, 6.45) is 2.81. The van der Waals surface area contributed by atoms with Crippen molar-refractivity contribution in [2.75, 3.05) is 39.3 Å². The number of imide groups is 1. The van der Waals surface area contributed by atoms with Crippen molar-refractivity contribution < 1.29 is 14.3 Å². The number of hydrogen-bond donors (Lipinski definition) is 2. The van der Waals surface area contributed by atoms with E-state index < -0.39 is 6.03 Å². The number of amides is 3. The molecule has 0 bridgehead atoms. The first-order chi connectivity index (χ1) is 12.1. The average molecular weight is 369 g/mol. The second-order valence-corrected chi connectivity index (χ2v) is 8.95. The topological polar surface area (TPSA) is 73.9 Å². The monoisotopic (exact) mass is 368 g/mol. The molecule has 2 N–H and O–H groups in total. The van der Waals surface area contributed by atoms with Crippen molar-refractivity contribution in [2.24, 2.45) is 5.92 Å². The number of likely N-dealkylation sites (tertiary alicyclic amines) is 1. The highest BCUT2D eigenvalue weighted by Gasteiger charge is 2.27. The van der Waals surface area contributed by atoms with Gasteiger partial charge >= 0.3 is 6.03 Å². The van der Waals surface area contributed by atoms with Crippen molar-refractivity contribution in [3.05, 3.63) is 0 Å². The standard InChI is InChI=1S/C19H36N4O3/c1-14-10-23(11-15(2)26-14)12-16-6-8-22(9-7-16)13-17(24)20-18(25)21-19(3,4)5/h14-16H,6-13H2,1-5H3,(H2,20,21,24,25). The summed E-state index contributed by atoms with van der Waals surface area (Å²) in [5.41, 5.74) is -0.350. The van der Waals surface area contributed by atoms with Crippen LogP contribution in [-0.2, 0) is 9.53 Å². The minimum absolute atomic E-state index is 0.235. The maximum atomic E-state index is 12.0. The Morgan fingerprint density at radius 2 is 1.62 bits per heavy atom. The first-order valence-corrected chi connectivity index (χ1v) is 9.83. The van der Waals surface area contributed by atoms with Gasteiger partial charge in [0.05, 0.1) is 18.8 Å². The van der Waals surface area contributed by atoms with Crippen LogP contribution in [0.15, 0.2) is 0 Å². The highest BCUT2D eigenvalue weighted by molar-refractivity contribution is 5.95. The number of morpholine rings is 1. The Bertz CT molecular complexity index is 474. The number of carbonyl (C=O) groups is 2. The Labute approximate surface area is 157 Å². The lowest BCUT2D eigenvalue weighted by molar-refractivity contribution is -0.121. The van der Waals surface area contributed by atoms with Gasteiger partial charge in [0.2, 0.25) is 5.91 Å². The SMILES string of the molecule is CC1CN(CC2CCN(CC(=O)NC(=O)NC(C)(C)C)CC2)CC(C)O1. The summed E-state index contributed by atoms with van der Waals surface area (Å²) in [4.78, 5) is 28.5. The van der Waals surface area contributed by atoms with Gasteiger partial charge in [0, 0.05) is 25.2 Å². The first kappa shape index (κ1) is 21.1. The zero-order valence-electron chi connectivity index (χ0n) is 17.0. The van der Waals surface area contributed by atoms with E-state index in [1.54, 1.807) is 0 Å². The fourth-order valence-corrected chi connectivity index (χ4v) is 3.87. The molecule has 2 heterocycles. The molecular formula is C19H36N4O3. The van der Waals surface area contributed by atoms with Crippen molar-refractivity contribution in [3.8, 4) is 0 Å². The van der Waals surface area contributed by atoms with Gasteiger partial charge in [-0.15, -0.1) is 0 Å². The molecule has 2 aliphatic heterocycles. The predicted molar refractivity (Wildman–Crippen MR) is 102 cm³/mol. The summed E-state index contributed by atoms with van der Waals surface area (Å²) in [6.45, 7) is 15.2. The molecule has 0 aromatic rings. The molecule has 2 saturated heterocycles.